The van der Waals surface area contributed by atoms with Gasteiger partial charge in [0, 0.05) is 24.4 Å². The van der Waals surface area contributed by atoms with Crippen LogP contribution in [0.2, 0.25) is 0 Å². The number of rotatable bonds is 6. The highest BCUT2D eigenvalue weighted by molar-refractivity contribution is 6.05. The van der Waals surface area contributed by atoms with Gasteiger partial charge in [0.05, 0.1) is 24.4 Å². The van der Waals surface area contributed by atoms with E-state index in [2.05, 4.69) is 20.5 Å². The Kier molecular flexibility index (Phi) is 3.19. The van der Waals surface area contributed by atoms with E-state index in [4.69, 9.17) is 4.74 Å². The van der Waals surface area contributed by atoms with Gasteiger partial charge in [-0.15, -0.1) is 5.10 Å². The zero-order chi connectivity index (χ0) is 14.9. The monoisotopic (exact) mass is 297 g/mol. The first-order valence-corrected chi connectivity index (χ1v) is 7.26. The van der Waals surface area contributed by atoms with Crippen molar-refractivity contribution in [1.29, 1.82) is 0 Å². The molecule has 1 N–H and O–H groups in total. The second-order valence-corrected chi connectivity index (χ2v) is 5.43. The Bertz CT molecular complexity index is 818. The number of para-hydroxylation sites is 1. The summed E-state index contributed by atoms with van der Waals surface area (Å²) in [6.45, 7) is 1.52. The van der Waals surface area contributed by atoms with Crippen LogP contribution in [-0.4, -0.2) is 43.7 Å². The summed E-state index contributed by atoms with van der Waals surface area (Å²) in [6.07, 6.45) is 3.07. The van der Waals surface area contributed by atoms with E-state index < -0.39 is 0 Å². The van der Waals surface area contributed by atoms with Gasteiger partial charge in [-0.25, -0.2) is 4.68 Å². The molecule has 1 aliphatic rings. The fraction of sp³-hybridized carbons (Fsp3) is 0.333. The Hall–Kier alpha value is -2.54. The molecule has 3 heterocycles. The number of benzene rings is 1. The normalized spacial score (nSPS) is 17.0. The van der Waals surface area contributed by atoms with Gasteiger partial charge in [0.1, 0.15) is 11.8 Å². The molecule has 0 spiro atoms. The molecule has 0 bridgehead atoms. The van der Waals surface area contributed by atoms with Crippen molar-refractivity contribution in [2.75, 3.05) is 6.61 Å². The van der Waals surface area contributed by atoms with E-state index >= 15 is 0 Å². The van der Waals surface area contributed by atoms with Crippen molar-refractivity contribution < 1.29 is 9.53 Å². The highest BCUT2D eigenvalue weighted by Gasteiger charge is 2.23. The molecular weight excluding hydrogens is 282 g/mol. The summed E-state index contributed by atoms with van der Waals surface area (Å²) in [5, 5.41) is 16.0. The van der Waals surface area contributed by atoms with E-state index in [1.54, 1.807) is 4.68 Å². The van der Waals surface area contributed by atoms with E-state index in [-0.39, 0.29) is 11.9 Å². The molecule has 0 radical (unpaired) electrons. The van der Waals surface area contributed by atoms with Crippen LogP contribution < -0.4 is 0 Å². The highest BCUT2D eigenvalue weighted by Crippen LogP contribution is 2.17. The fourth-order valence-electron chi connectivity index (χ4n) is 2.46. The van der Waals surface area contributed by atoms with E-state index in [0.29, 0.717) is 18.5 Å². The summed E-state index contributed by atoms with van der Waals surface area (Å²) >= 11 is 0. The predicted octanol–water partition coefficient (Wildman–Crippen LogP) is 1.37. The van der Waals surface area contributed by atoms with Gasteiger partial charge in [-0.3, -0.25) is 9.89 Å². The number of ketones is 1. The largest absolute Gasteiger partial charge is 0.371 e. The molecule has 112 valence electrons. The van der Waals surface area contributed by atoms with Gasteiger partial charge in [0.25, 0.3) is 0 Å². The number of hydrogen-bond donors (Lipinski definition) is 1. The minimum Gasteiger partial charge on any atom is -0.371 e. The lowest BCUT2D eigenvalue weighted by atomic mass is 10.1. The second-order valence-electron chi connectivity index (χ2n) is 5.43. The Labute approximate surface area is 126 Å². The lowest BCUT2D eigenvalue weighted by molar-refractivity contribution is 0.0979. The quantitative estimate of drug-likeness (QED) is 0.548. The van der Waals surface area contributed by atoms with Crippen molar-refractivity contribution >= 4 is 16.7 Å². The SMILES string of the molecule is O=C(CCc1cn(CC2CO2)nn1)c1n[nH]c2ccccc12. The minimum absolute atomic E-state index is 0.0116. The first-order valence-electron chi connectivity index (χ1n) is 7.26. The summed E-state index contributed by atoms with van der Waals surface area (Å²) in [5.74, 6) is 0.0116. The number of H-pyrrole nitrogens is 1. The number of hydrogen-bond acceptors (Lipinski definition) is 5. The number of nitrogens with one attached hydrogen (secondary N) is 1. The van der Waals surface area contributed by atoms with Crippen LogP contribution in [0, 0.1) is 0 Å². The molecule has 1 unspecified atom stereocenters. The topological polar surface area (TPSA) is 89.0 Å². The molecule has 7 nitrogen and oxygen atoms in total. The number of fused-ring (bicyclic) bond motifs is 1. The van der Waals surface area contributed by atoms with Crippen molar-refractivity contribution in [2.24, 2.45) is 0 Å². The number of carbonyl (C=O) groups excluding carboxylic acids is 1. The predicted molar refractivity (Wildman–Crippen MR) is 78.5 cm³/mol. The number of carbonyl (C=O) groups is 1. The van der Waals surface area contributed by atoms with Crippen LogP contribution in [0.25, 0.3) is 10.9 Å². The Morgan fingerprint density at radius 1 is 1.41 bits per heavy atom. The van der Waals surface area contributed by atoms with Crippen LogP contribution in [0.4, 0.5) is 0 Å². The highest BCUT2D eigenvalue weighted by atomic mass is 16.6. The molecule has 2 aromatic heterocycles. The second kappa shape index (κ2) is 5.34. The average molecular weight is 297 g/mol. The lowest BCUT2D eigenvalue weighted by Crippen LogP contribution is -2.04. The number of nitrogens with zero attached hydrogens (tertiary/aromatic N) is 4. The molecular formula is C15H15N5O2. The molecule has 7 heteroatoms. The minimum atomic E-state index is 0.0116. The Morgan fingerprint density at radius 2 is 2.27 bits per heavy atom. The molecule has 1 atom stereocenters. The number of aromatic nitrogens is 5. The van der Waals surface area contributed by atoms with Gasteiger partial charge >= 0.3 is 0 Å². The summed E-state index contributed by atoms with van der Waals surface area (Å²) in [5.41, 5.74) is 2.18. The average Bonchev–Trinajstić information content (AvgIpc) is 3.07. The first-order chi connectivity index (χ1) is 10.8. The van der Waals surface area contributed by atoms with Crippen molar-refractivity contribution in [3.8, 4) is 0 Å². The molecule has 1 aromatic carbocycles. The third kappa shape index (κ3) is 2.62. The van der Waals surface area contributed by atoms with Gasteiger partial charge in [0.2, 0.25) is 0 Å². The van der Waals surface area contributed by atoms with Crippen LogP contribution in [0.5, 0.6) is 0 Å². The van der Waals surface area contributed by atoms with Crippen molar-refractivity contribution in [3.63, 3.8) is 0 Å². The van der Waals surface area contributed by atoms with Crippen LogP contribution in [-0.2, 0) is 17.7 Å². The van der Waals surface area contributed by atoms with Crippen LogP contribution in [0.3, 0.4) is 0 Å². The van der Waals surface area contributed by atoms with Gasteiger partial charge in [-0.2, -0.15) is 5.10 Å². The molecule has 3 aromatic rings. The van der Waals surface area contributed by atoms with E-state index in [1.165, 1.54) is 0 Å². The maximum absolute atomic E-state index is 12.3. The van der Waals surface area contributed by atoms with Crippen molar-refractivity contribution in [1.82, 2.24) is 25.2 Å². The number of aryl methyl sites for hydroxylation is 1. The van der Waals surface area contributed by atoms with E-state index in [0.717, 1.165) is 29.7 Å². The maximum Gasteiger partial charge on any atom is 0.184 e. The third-order valence-corrected chi connectivity index (χ3v) is 3.72. The van der Waals surface area contributed by atoms with Crippen LogP contribution in [0.1, 0.15) is 22.6 Å². The zero-order valence-corrected chi connectivity index (χ0v) is 11.9. The van der Waals surface area contributed by atoms with E-state index in [1.807, 2.05) is 30.5 Å². The summed E-state index contributed by atoms with van der Waals surface area (Å²) in [4.78, 5) is 12.3. The molecule has 22 heavy (non-hydrogen) atoms. The number of aromatic amines is 1. The molecule has 4 rings (SSSR count). The Balaban J connectivity index is 1.42. The number of ether oxygens (including phenoxy) is 1. The number of Topliss-reactive ketones (excluding diaryl/α,β-unsaturated/α-hetero) is 1. The smallest absolute Gasteiger partial charge is 0.184 e. The molecule has 1 fully saturated rings. The summed E-state index contributed by atoms with van der Waals surface area (Å²) in [7, 11) is 0. The molecule has 0 saturated carbocycles. The van der Waals surface area contributed by atoms with Gasteiger partial charge in [0.15, 0.2) is 5.78 Å². The molecule has 0 aliphatic carbocycles. The standard InChI is InChI=1S/C15H15N5O2/c21-14(15-12-3-1-2-4-13(12)17-18-15)6-5-10-7-20(19-16-10)8-11-9-22-11/h1-4,7,11H,5-6,8-9H2,(H,17,18). The first kappa shape index (κ1) is 13.1. The van der Waals surface area contributed by atoms with Crippen molar-refractivity contribution in [3.05, 3.63) is 41.9 Å². The van der Waals surface area contributed by atoms with Crippen LogP contribution in [0.15, 0.2) is 30.5 Å². The molecule has 1 saturated heterocycles. The Morgan fingerprint density at radius 3 is 3.14 bits per heavy atom. The summed E-state index contributed by atoms with van der Waals surface area (Å²) in [6, 6.07) is 7.62. The van der Waals surface area contributed by atoms with Gasteiger partial charge < -0.3 is 4.74 Å². The third-order valence-electron chi connectivity index (χ3n) is 3.72. The molecule has 1 aliphatic heterocycles. The van der Waals surface area contributed by atoms with Crippen molar-refractivity contribution in [2.45, 2.75) is 25.5 Å². The maximum atomic E-state index is 12.3. The van der Waals surface area contributed by atoms with Gasteiger partial charge in [-0.05, 0) is 6.07 Å². The van der Waals surface area contributed by atoms with Gasteiger partial charge in [-0.1, -0.05) is 23.4 Å². The molecule has 0 amide bonds. The fourth-order valence-corrected chi connectivity index (χ4v) is 2.46. The number of epoxide rings is 1. The summed E-state index contributed by atoms with van der Waals surface area (Å²) < 4.78 is 6.92. The van der Waals surface area contributed by atoms with E-state index in [9.17, 15) is 4.79 Å². The lowest BCUT2D eigenvalue weighted by Gasteiger charge is -1.96. The van der Waals surface area contributed by atoms with Crippen LogP contribution >= 0.6 is 0 Å². The zero-order valence-electron chi connectivity index (χ0n) is 11.9.